The van der Waals surface area contributed by atoms with E-state index in [1.54, 1.807) is 11.3 Å². The average molecular weight is 405 g/mol. The van der Waals surface area contributed by atoms with E-state index >= 15 is 0 Å². The highest BCUT2D eigenvalue weighted by atomic mass is 79.9. The summed E-state index contributed by atoms with van der Waals surface area (Å²) in [5.41, 5.74) is 2.33. The number of benzene rings is 1. The Hall–Kier alpha value is -0.360. The highest BCUT2D eigenvalue weighted by molar-refractivity contribution is 9.13. The van der Waals surface area contributed by atoms with Crippen LogP contribution in [0.5, 0.6) is 0 Å². The number of para-hydroxylation sites is 1. The predicted octanol–water partition coefficient (Wildman–Crippen LogP) is 5.42. The van der Waals surface area contributed by atoms with Crippen molar-refractivity contribution in [1.82, 2.24) is 0 Å². The van der Waals surface area contributed by atoms with Crippen molar-refractivity contribution >= 4 is 48.9 Å². The molecule has 1 N–H and O–H groups in total. The molecule has 1 heterocycles. The lowest BCUT2D eigenvalue weighted by Gasteiger charge is -2.11. The summed E-state index contributed by atoms with van der Waals surface area (Å²) in [4.78, 5) is 1.28. The van der Waals surface area contributed by atoms with Crippen molar-refractivity contribution in [2.75, 3.05) is 11.9 Å². The van der Waals surface area contributed by atoms with Crippen LogP contribution in [-0.4, -0.2) is 6.61 Å². The second-order valence-electron chi connectivity index (χ2n) is 3.98. The predicted molar refractivity (Wildman–Crippen MR) is 88.8 cm³/mol. The lowest BCUT2D eigenvalue weighted by Crippen LogP contribution is -2.02. The summed E-state index contributed by atoms with van der Waals surface area (Å²) >= 11 is 8.75. The summed E-state index contributed by atoms with van der Waals surface area (Å²) in [6.45, 7) is 4.21. The minimum absolute atomic E-state index is 0.650. The molecule has 2 aromatic rings. The van der Waals surface area contributed by atoms with Gasteiger partial charge in [0.2, 0.25) is 0 Å². The Balaban J connectivity index is 2.02. The number of hydrogen-bond donors (Lipinski definition) is 1. The molecule has 0 aliphatic heterocycles. The third kappa shape index (κ3) is 4.31. The quantitative estimate of drug-likeness (QED) is 0.693. The van der Waals surface area contributed by atoms with Gasteiger partial charge < -0.3 is 10.1 Å². The summed E-state index contributed by atoms with van der Waals surface area (Å²) in [7, 11) is 0. The van der Waals surface area contributed by atoms with Crippen LogP contribution in [0, 0.1) is 0 Å². The Labute approximate surface area is 134 Å². The molecule has 0 aliphatic rings. The largest absolute Gasteiger partial charge is 0.380 e. The van der Waals surface area contributed by atoms with Gasteiger partial charge in [-0.3, -0.25) is 0 Å². The van der Waals surface area contributed by atoms with E-state index in [4.69, 9.17) is 4.74 Å². The van der Waals surface area contributed by atoms with Crippen LogP contribution in [0.3, 0.4) is 0 Å². The van der Waals surface area contributed by atoms with Gasteiger partial charge in [0.15, 0.2) is 0 Å². The molecule has 0 saturated carbocycles. The van der Waals surface area contributed by atoms with E-state index < -0.39 is 0 Å². The molecule has 0 spiro atoms. The number of ether oxygens (including phenoxy) is 1. The Bertz CT molecular complexity index is 522. The SMILES string of the molecule is CCOCc1ccccc1NCc1cc(Br)c(Br)s1. The molecule has 0 fully saturated rings. The second-order valence-corrected chi connectivity index (χ2v) is 7.29. The van der Waals surface area contributed by atoms with Crippen LogP contribution in [0.1, 0.15) is 17.4 Å². The first kappa shape index (κ1) is 15.0. The monoisotopic (exact) mass is 403 g/mol. The first-order valence-corrected chi connectivity index (χ1v) is 8.44. The summed E-state index contributed by atoms with van der Waals surface area (Å²) < 4.78 is 7.72. The van der Waals surface area contributed by atoms with Gasteiger partial charge >= 0.3 is 0 Å². The Kier molecular flexibility index (Phi) is 5.88. The highest BCUT2D eigenvalue weighted by Crippen LogP contribution is 2.32. The zero-order valence-corrected chi connectivity index (χ0v) is 14.6. The molecule has 1 aromatic heterocycles. The van der Waals surface area contributed by atoms with Crippen molar-refractivity contribution in [3.05, 3.63) is 49.0 Å². The number of rotatable bonds is 6. The van der Waals surface area contributed by atoms with Crippen LogP contribution in [0.15, 0.2) is 38.6 Å². The molecule has 0 unspecified atom stereocenters. The normalized spacial score (nSPS) is 10.7. The molecular weight excluding hydrogens is 390 g/mol. The molecule has 5 heteroatoms. The van der Waals surface area contributed by atoms with E-state index in [0.717, 1.165) is 27.1 Å². The third-order valence-electron chi connectivity index (χ3n) is 2.63. The van der Waals surface area contributed by atoms with Gasteiger partial charge in [0.25, 0.3) is 0 Å². The smallest absolute Gasteiger partial charge is 0.0843 e. The Morgan fingerprint density at radius 2 is 2.05 bits per heavy atom. The molecule has 1 aromatic carbocycles. The fourth-order valence-corrected chi connectivity index (χ4v) is 3.81. The molecule has 0 radical (unpaired) electrons. The van der Waals surface area contributed by atoms with Crippen LogP contribution >= 0.6 is 43.2 Å². The first-order chi connectivity index (χ1) is 9.20. The van der Waals surface area contributed by atoms with E-state index in [1.165, 1.54) is 10.4 Å². The molecule has 0 bridgehead atoms. The van der Waals surface area contributed by atoms with Crippen LogP contribution in [-0.2, 0) is 17.9 Å². The molecule has 0 saturated heterocycles. The molecule has 0 atom stereocenters. The van der Waals surface area contributed by atoms with E-state index in [-0.39, 0.29) is 0 Å². The molecule has 19 heavy (non-hydrogen) atoms. The molecular formula is C14H15Br2NOS. The summed E-state index contributed by atoms with van der Waals surface area (Å²) in [6.07, 6.45) is 0. The van der Waals surface area contributed by atoms with Crippen molar-refractivity contribution in [1.29, 1.82) is 0 Å². The van der Waals surface area contributed by atoms with Crippen molar-refractivity contribution in [2.45, 2.75) is 20.1 Å². The molecule has 0 aliphatic carbocycles. The summed E-state index contributed by atoms with van der Waals surface area (Å²) in [5, 5.41) is 3.47. The summed E-state index contributed by atoms with van der Waals surface area (Å²) in [5.74, 6) is 0. The summed E-state index contributed by atoms with van der Waals surface area (Å²) in [6, 6.07) is 10.4. The molecule has 0 amide bonds. The number of hydrogen-bond acceptors (Lipinski definition) is 3. The van der Waals surface area contributed by atoms with Gasteiger partial charge in [-0.2, -0.15) is 0 Å². The minimum Gasteiger partial charge on any atom is -0.380 e. The number of anilines is 1. The van der Waals surface area contributed by atoms with Crippen molar-refractivity contribution in [3.8, 4) is 0 Å². The number of thiophene rings is 1. The molecule has 2 rings (SSSR count). The standard InChI is InChI=1S/C14H15Br2NOS/c1-2-18-9-10-5-3-4-6-13(10)17-8-11-7-12(15)14(16)19-11/h3-7,17H,2,8-9H2,1H3. The first-order valence-electron chi connectivity index (χ1n) is 6.04. The molecule has 2 nitrogen and oxygen atoms in total. The van der Waals surface area contributed by atoms with Gasteiger partial charge in [-0.15, -0.1) is 11.3 Å². The minimum atomic E-state index is 0.650. The van der Waals surface area contributed by atoms with Gasteiger partial charge in [-0.1, -0.05) is 18.2 Å². The van der Waals surface area contributed by atoms with E-state index in [2.05, 4.69) is 55.4 Å². The maximum Gasteiger partial charge on any atom is 0.0843 e. The maximum atomic E-state index is 5.48. The van der Waals surface area contributed by atoms with Gasteiger partial charge in [0, 0.05) is 33.8 Å². The van der Waals surface area contributed by atoms with E-state index in [9.17, 15) is 0 Å². The molecule has 102 valence electrons. The van der Waals surface area contributed by atoms with Gasteiger partial charge in [0.1, 0.15) is 0 Å². The zero-order valence-electron chi connectivity index (χ0n) is 10.6. The second kappa shape index (κ2) is 7.43. The topological polar surface area (TPSA) is 21.3 Å². The van der Waals surface area contributed by atoms with Crippen molar-refractivity contribution < 1.29 is 4.74 Å². The van der Waals surface area contributed by atoms with Crippen LogP contribution in [0.4, 0.5) is 5.69 Å². The van der Waals surface area contributed by atoms with E-state index in [0.29, 0.717) is 6.61 Å². The van der Waals surface area contributed by atoms with Gasteiger partial charge in [0.05, 0.1) is 10.4 Å². The third-order valence-corrected chi connectivity index (χ3v) is 5.88. The number of nitrogens with one attached hydrogen (secondary N) is 1. The van der Waals surface area contributed by atoms with Crippen molar-refractivity contribution in [3.63, 3.8) is 0 Å². The fourth-order valence-electron chi connectivity index (χ4n) is 1.69. The highest BCUT2D eigenvalue weighted by Gasteiger charge is 2.05. The Morgan fingerprint density at radius 3 is 2.74 bits per heavy atom. The van der Waals surface area contributed by atoms with Crippen molar-refractivity contribution in [2.24, 2.45) is 0 Å². The lowest BCUT2D eigenvalue weighted by atomic mass is 10.2. The maximum absolute atomic E-state index is 5.48. The Morgan fingerprint density at radius 1 is 1.26 bits per heavy atom. The number of halogens is 2. The van der Waals surface area contributed by atoms with Crippen LogP contribution in [0.25, 0.3) is 0 Å². The lowest BCUT2D eigenvalue weighted by molar-refractivity contribution is 0.134. The fraction of sp³-hybridized carbons (Fsp3) is 0.286. The van der Waals surface area contributed by atoms with Crippen LogP contribution < -0.4 is 5.32 Å². The van der Waals surface area contributed by atoms with E-state index in [1.807, 2.05) is 19.1 Å². The van der Waals surface area contributed by atoms with Gasteiger partial charge in [-0.05, 0) is 50.9 Å². The van der Waals surface area contributed by atoms with Crippen LogP contribution in [0.2, 0.25) is 0 Å². The average Bonchev–Trinajstić information content (AvgIpc) is 2.74. The van der Waals surface area contributed by atoms with Gasteiger partial charge in [-0.25, -0.2) is 0 Å². The zero-order chi connectivity index (χ0) is 13.7.